The second-order valence-electron chi connectivity index (χ2n) is 3.36. The molecule has 1 rings (SSSR count). The molecule has 0 atom stereocenters. The van der Waals surface area contributed by atoms with Gasteiger partial charge in [-0.05, 0) is 17.7 Å². The molecular weight excluding hydrogens is 264 g/mol. The molecule has 0 fully saturated rings. The van der Waals surface area contributed by atoms with Gasteiger partial charge in [0.2, 0.25) is 10.0 Å². The van der Waals surface area contributed by atoms with Gasteiger partial charge in [-0.3, -0.25) is 0 Å². The van der Waals surface area contributed by atoms with Crippen molar-refractivity contribution in [3.8, 4) is 0 Å². The summed E-state index contributed by atoms with van der Waals surface area (Å²) in [6, 6.07) is 4.68. The number of nitrogens with one attached hydrogen (secondary N) is 1. The average molecular weight is 279 g/mol. The molecule has 0 bridgehead atoms. The van der Waals surface area contributed by atoms with Crippen molar-refractivity contribution in [1.82, 2.24) is 4.72 Å². The summed E-state index contributed by atoms with van der Waals surface area (Å²) in [7, 11) is -2.12. The minimum atomic E-state index is -3.61. The summed E-state index contributed by atoms with van der Waals surface area (Å²) < 4.78 is 31.0. The number of methoxy groups -OCH3 is 1. The fourth-order valence-corrected chi connectivity index (χ4v) is 2.80. The van der Waals surface area contributed by atoms with E-state index in [4.69, 9.17) is 22.1 Å². The first-order chi connectivity index (χ1) is 8.01. The van der Waals surface area contributed by atoms with E-state index >= 15 is 0 Å². The number of nitrogens with two attached hydrogens (primary N) is 1. The number of halogens is 1. The van der Waals surface area contributed by atoms with E-state index in [0.717, 1.165) is 0 Å². The van der Waals surface area contributed by atoms with E-state index in [-0.39, 0.29) is 23.0 Å². The van der Waals surface area contributed by atoms with E-state index in [2.05, 4.69) is 4.72 Å². The lowest BCUT2D eigenvalue weighted by Crippen LogP contribution is -2.27. The zero-order valence-corrected chi connectivity index (χ0v) is 11.0. The second kappa shape index (κ2) is 6.32. The van der Waals surface area contributed by atoms with Crippen LogP contribution in [0.4, 0.5) is 0 Å². The van der Waals surface area contributed by atoms with Crippen LogP contribution in [0.3, 0.4) is 0 Å². The molecule has 0 saturated heterocycles. The predicted octanol–water partition coefficient (Wildman–Crippen LogP) is 0.723. The van der Waals surface area contributed by atoms with Gasteiger partial charge in [-0.1, -0.05) is 17.7 Å². The maximum atomic E-state index is 11.9. The van der Waals surface area contributed by atoms with Gasteiger partial charge in [-0.15, -0.1) is 0 Å². The third kappa shape index (κ3) is 3.93. The summed E-state index contributed by atoms with van der Waals surface area (Å²) in [5.74, 6) is 0. The quantitative estimate of drug-likeness (QED) is 0.752. The lowest BCUT2D eigenvalue weighted by Gasteiger charge is -2.09. The van der Waals surface area contributed by atoms with E-state index in [9.17, 15) is 8.42 Å². The highest BCUT2D eigenvalue weighted by Crippen LogP contribution is 2.22. The van der Waals surface area contributed by atoms with Gasteiger partial charge in [0.25, 0.3) is 0 Å². The molecule has 0 amide bonds. The molecule has 0 radical (unpaired) electrons. The molecule has 5 nitrogen and oxygen atoms in total. The first kappa shape index (κ1) is 14.4. The van der Waals surface area contributed by atoms with Crippen LogP contribution in [0.15, 0.2) is 23.1 Å². The van der Waals surface area contributed by atoms with E-state index in [1.54, 1.807) is 6.07 Å². The van der Waals surface area contributed by atoms with Crippen molar-refractivity contribution >= 4 is 21.6 Å². The zero-order chi connectivity index (χ0) is 12.9. The minimum absolute atomic E-state index is 0.0400. The van der Waals surface area contributed by atoms with Crippen molar-refractivity contribution in [1.29, 1.82) is 0 Å². The van der Waals surface area contributed by atoms with Crippen LogP contribution in [0.5, 0.6) is 0 Å². The average Bonchev–Trinajstić information content (AvgIpc) is 2.29. The number of benzene rings is 1. The molecule has 7 heteroatoms. The zero-order valence-electron chi connectivity index (χ0n) is 9.44. The highest BCUT2D eigenvalue weighted by molar-refractivity contribution is 7.89. The maximum absolute atomic E-state index is 11.9. The van der Waals surface area contributed by atoms with E-state index in [1.165, 1.54) is 19.2 Å². The van der Waals surface area contributed by atoms with Crippen LogP contribution in [0, 0.1) is 0 Å². The smallest absolute Gasteiger partial charge is 0.242 e. The number of hydrogen-bond donors (Lipinski definition) is 2. The minimum Gasteiger partial charge on any atom is -0.383 e. The molecule has 0 heterocycles. The number of rotatable bonds is 6. The van der Waals surface area contributed by atoms with Gasteiger partial charge in [0.15, 0.2) is 0 Å². The summed E-state index contributed by atoms with van der Waals surface area (Å²) >= 11 is 5.86. The number of hydrogen-bond acceptors (Lipinski definition) is 4. The highest BCUT2D eigenvalue weighted by atomic mass is 35.5. The third-order valence-electron chi connectivity index (χ3n) is 2.12. The Kier molecular flexibility index (Phi) is 5.35. The Balaban J connectivity index is 2.97. The molecule has 0 spiro atoms. The lowest BCUT2D eigenvalue weighted by molar-refractivity contribution is 0.204. The summed E-state index contributed by atoms with van der Waals surface area (Å²) in [5, 5.41) is 0.173. The molecule has 0 aromatic heterocycles. The van der Waals surface area contributed by atoms with Crippen molar-refractivity contribution in [2.45, 2.75) is 11.4 Å². The second-order valence-corrected chi connectivity index (χ2v) is 5.50. The van der Waals surface area contributed by atoms with Crippen LogP contribution in [0.25, 0.3) is 0 Å². The fourth-order valence-electron chi connectivity index (χ4n) is 1.24. The number of ether oxygens (including phenoxy) is 1. The summed E-state index contributed by atoms with van der Waals surface area (Å²) in [6.07, 6.45) is 0. The van der Waals surface area contributed by atoms with Crippen LogP contribution in [-0.2, 0) is 21.3 Å². The molecule has 1 aromatic carbocycles. The molecule has 0 aliphatic rings. The van der Waals surface area contributed by atoms with Crippen LogP contribution in [0.2, 0.25) is 5.02 Å². The van der Waals surface area contributed by atoms with Crippen LogP contribution >= 0.6 is 11.6 Å². The van der Waals surface area contributed by atoms with Crippen molar-refractivity contribution in [2.24, 2.45) is 5.73 Å². The summed E-state index contributed by atoms with van der Waals surface area (Å²) in [6.45, 7) is 0.757. The summed E-state index contributed by atoms with van der Waals surface area (Å²) in [4.78, 5) is 0.0400. The SMILES string of the molecule is COCCNS(=O)(=O)c1cc(CN)ccc1Cl. The Morgan fingerprint density at radius 1 is 1.47 bits per heavy atom. The first-order valence-electron chi connectivity index (χ1n) is 4.98. The Labute approximate surface area is 106 Å². The molecule has 0 unspecified atom stereocenters. The maximum Gasteiger partial charge on any atom is 0.242 e. The van der Waals surface area contributed by atoms with Crippen LogP contribution in [0.1, 0.15) is 5.56 Å². The van der Waals surface area contributed by atoms with E-state index in [1.807, 2.05) is 0 Å². The molecular formula is C10H15ClN2O3S. The molecule has 17 heavy (non-hydrogen) atoms. The molecule has 96 valence electrons. The Bertz CT molecular complexity index is 476. The molecule has 3 N–H and O–H groups in total. The van der Waals surface area contributed by atoms with Crippen molar-refractivity contribution in [2.75, 3.05) is 20.3 Å². The Morgan fingerprint density at radius 2 is 2.18 bits per heavy atom. The molecule has 0 aliphatic carbocycles. The van der Waals surface area contributed by atoms with Gasteiger partial charge in [-0.25, -0.2) is 13.1 Å². The van der Waals surface area contributed by atoms with Gasteiger partial charge in [0, 0.05) is 20.2 Å². The fraction of sp³-hybridized carbons (Fsp3) is 0.400. The normalized spacial score (nSPS) is 11.7. The topological polar surface area (TPSA) is 81.4 Å². The molecule has 1 aromatic rings. The van der Waals surface area contributed by atoms with E-state index < -0.39 is 10.0 Å². The third-order valence-corrected chi connectivity index (χ3v) is 4.06. The van der Waals surface area contributed by atoms with Crippen molar-refractivity contribution in [3.05, 3.63) is 28.8 Å². The van der Waals surface area contributed by atoms with Crippen molar-refractivity contribution in [3.63, 3.8) is 0 Å². The predicted molar refractivity (Wildman–Crippen MR) is 66.4 cm³/mol. The van der Waals surface area contributed by atoms with Crippen LogP contribution in [-0.4, -0.2) is 28.7 Å². The highest BCUT2D eigenvalue weighted by Gasteiger charge is 2.17. The first-order valence-corrected chi connectivity index (χ1v) is 6.84. The number of sulfonamides is 1. The standard InChI is InChI=1S/C10H15ClN2O3S/c1-16-5-4-13-17(14,15)10-6-8(7-12)2-3-9(10)11/h2-3,6,13H,4-5,7,12H2,1H3. The largest absolute Gasteiger partial charge is 0.383 e. The van der Waals surface area contributed by atoms with E-state index in [0.29, 0.717) is 12.2 Å². The van der Waals surface area contributed by atoms with Crippen LogP contribution < -0.4 is 10.5 Å². The molecule has 0 aliphatic heterocycles. The van der Waals surface area contributed by atoms with Gasteiger partial charge in [0.05, 0.1) is 11.6 Å². The van der Waals surface area contributed by atoms with Gasteiger partial charge in [0.1, 0.15) is 4.90 Å². The lowest BCUT2D eigenvalue weighted by atomic mass is 10.2. The van der Waals surface area contributed by atoms with Crippen molar-refractivity contribution < 1.29 is 13.2 Å². The Hall–Kier alpha value is -0.660. The monoisotopic (exact) mass is 278 g/mol. The Morgan fingerprint density at radius 3 is 2.76 bits per heavy atom. The van der Waals surface area contributed by atoms with Gasteiger partial charge >= 0.3 is 0 Å². The van der Waals surface area contributed by atoms with Gasteiger partial charge < -0.3 is 10.5 Å². The van der Waals surface area contributed by atoms with Gasteiger partial charge in [-0.2, -0.15) is 0 Å². The molecule has 0 saturated carbocycles. The summed E-state index contributed by atoms with van der Waals surface area (Å²) in [5.41, 5.74) is 6.17.